The highest BCUT2D eigenvalue weighted by Gasteiger charge is 2.27. The van der Waals surface area contributed by atoms with E-state index in [1.54, 1.807) is 6.92 Å². The lowest BCUT2D eigenvalue weighted by molar-refractivity contribution is -0.114. The molecule has 178 valence electrons. The van der Waals surface area contributed by atoms with Crippen molar-refractivity contribution in [2.75, 3.05) is 22.8 Å². The topological polar surface area (TPSA) is 92.8 Å². The van der Waals surface area contributed by atoms with Crippen LogP contribution in [0, 0.1) is 11.6 Å². The molecule has 1 amide bonds. The van der Waals surface area contributed by atoms with Crippen LogP contribution in [0.2, 0.25) is 5.02 Å². The molecule has 0 unspecified atom stereocenters. The van der Waals surface area contributed by atoms with E-state index in [9.17, 15) is 26.8 Å². The fraction of sp³-hybridized carbons (Fsp3) is 0.130. The van der Waals surface area contributed by atoms with Crippen molar-refractivity contribution in [3.05, 3.63) is 89.0 Å². The predicted octanol–water partition coefficient (Wildman–Crippen LogP) is 4.63. The van der Waals surface area contributed by atoms with Crippen LogP contribution in [-0.4, -0.2) is 33.4 Å². The number of nitrogens with one attached hydrogen (secondary N) is 1. The minimum absolute atomic E-state index is 0.0178. The first-order valence-corrected chi connectivity index (χ1v) is 11.7. The first kappa shape index (κ1) is 25.1. The summed E-state index contributed by atoms with van der Waals surface area (Å²) in [5, 5.41) is 2.62. The number of hydrogen-bond acceptors (Lipinski definition) is 5. The smallest absolute Gasteiger partial charge is 0.339 e. The molecule has 1 N–H and O–H groups in total. The van der Waals surface area contributed by atoms with E-state index in [-0.39, 0.29) is 33.5 Å². The van der Waals surface area contributed by atoms with Crippen molar-refractivity contribution in [1.29, 1.82) is 0 Å². The Kier molecular flexibility index (Phi) is 7.85. The maximum Gasteiger partial charge on any atom is 0.339 e. The zero-order chi connectivity index (χ0) is 24.9. The van der Waals surface area contributed by atoms with Gasteiger partial charge < -0.3 is 10.1 Å². The zero-order valence-electron chi connectivity index (χ0n) is 17.8. The van der Waals surface area contributed by atoms with E-state index in [2.05, 4.69) is 5.32 Å². The molecular weight excluding hydrogens is 490 g/mol. The van der Waals surface area contributed by atoms with E-state index in [0.29, 0.717) is 0 Å². The first-order chi connectivity index (χ1) is 16.1. The highest BCUT2D eigenvalue weighted by Crippen LogP contribution is 2.25. The summed E-state index contributed by atoms with van der Waals surface area (Å²) in [5.41, 5.74) is 0.218. The lowest BCUT2D eigenvalue weighted by Crippen LogP contribution is -2.38. The van der Waals surface area contributed by atoms with Gasteiger partial charge in [0.15, 0.2) is 0 Å². The highest BCUT2D eigenvalue weighted by molar-refractivity contribution is 7.92. The normalized spacial score (nSPS) is 11.1. The van der Waals surface area contributed by atoms with Gasteiger partial charge in [-0.25, -0.2) is 22.0 Å². The van der Waals surface area contributed by atoms with Crippen LogP contribution in [0.5, 0.6) is 0 Å². The third kappa shape index (κ3) is 5.89. The highest BCUT2D eigenvalue weighted by atomic mass is 35.5. The van der Waals surface area contributed by atoms with E-state index < -0.39 is 40.1 Å². The molecule has 0 spiro atoms. The van der Waals surface area contributed by atoms with Crippen molar-refractivity contribution in [1.82, 2.24) is 0 Å². The van der Waals surface area contributed by atoms with Crippen molar-refractivity contribution >= 4 is 44.9 Å². The van der Waals surface area contributed by atoms with Gasteiger partial charge in [-0.2, -0.15) is 0 Å². The molecule has 3 aromatic rings. The van der Waals surface area contributed by atoms with Gasteiger partial charge in [0.1, 0.15) is 18.2 Å². The number of hydrogen-bond donors (Lipinski definition) is 1. The van der Waals surface area contributed by atoms with Gasteiger partial charge in [0, 0.05) is 5.69 Å². The number of ether oxygens (including phenoxy) is 1. The molecule has 0 aliphatic heterocycles. The fourth-order valence-corrected chi connectivity index (χ4v) is 4.57. The summed E-state index contributed by atoms with van der Waals surface area (Å²) in [6, 6.07) is 12.7. The molecular formula is C23H19ClF2N2O5S. The van der Waals surface area contributed by atoms with Crippen LogP contribution in [0.4, 0.5) is 20.2 Å². The van der Waals surface area contributed by atoms with Crippen LogP contribution >= 0.6 is 11.6 Å². The van der Waals surface area contributed by atoms with E-state index in [4.69, 9.17) is 16.3 Å². The van der Waals surface area contributed by atoms with E-state index in [1.807, 2.05) is 0 Å². The van der Waals surface area contributed by atoms with Gasteiger partial charge >= 0.3 is 5.97 Å². The van der Waals surface area contributed by atoms with Gasteiger partial charge in [-0.05, 0) is 73.7 Å². The molecule has 0 aromatic heterocycles. The van der Waals surface area contributed by atoms with E-state index in [0.717, 1.165) is 40.7 Å². The number of sulfonamides is 1. The second-order valence-corrected chi connectivity index (χ2v) is 9.17. The Balaban J connectivity index is 1.90. The second-order valence-electron chi connectivity index (χ2n) is 6.91. The lowest BCUT2D eigenvalue weighted by atomic mass is 10.2. The summed E-state index contributed by atoms with van der Waals surface area (Å²) in [4.78, 5) is 24.6. The first-order valence-electron chi connectivity index (χ1n) is 9.92. The number of carbonyl (C=O) groups excluding carboxylic acids is 2. The number of benzene rings is 3. The van der Waals surface area contributed by atoms with Gasteiger partial charge in [0.25, 0.3) is 10.0 Å². The van der Waals surface area contributed by atoms with Gasteiger partial charge in [-0.15, -0.1) is 0 Å². The number of nitrogens with zero attached hydrogens (tertiary/aromatic N) is 1. The number of carbonyl (C=O) groups is 2. The van der Waals surface area contributed by atoms with Crippen LogP contribution in [0.1, 0.15) is 17.3 Å². The molecule has 0 saturated heterocycles. The van der Waals surface area contributed by atoms with Gasteiger partial charge in [0.2, 0.25) is 5.91 Å². The zero-order valence-corrected chi connectivity index (χ0v) is 19.4. The predicted molar refractivity (Wildman–Crippen MR) is 123 cm³/mol. The minimum Gasteiger partial charge on any atom is -0.462 e. The SMILES string of the molecule is CCOC(=O)c1cc(NC(=O)CN(c2ccc(F)cc2)S(=O)(=O)c2ccc(F)cc2)ccc1Cl. The quantitative estimate of drug-likeness (QED) is 0.448. The molecule has 7 nitrogen and oxygen atoms in total. The molecule has 34 heavy (non-hydrogen) atoms. The Bertz CT molecular complexity index is 1300. The number of anilines is 2. The maximum absolute atomic E-state index is 13.4. The van der Waals surface area contributed by atoms with Crippen molar-refractivity contribution in [2.45, 2.75) is 11.8 Å². The van der Waals surface area contributed by atoms with Crippen LogP contribution < -0.4 is 9.62 Å². The molecule has 0 fully saturated rings. The maximum atomic E-state index is 13.4. The Labute approximate surface area is 200 Å². The average molecular weight is 509 g/mol. The summed E-state index contributed by atoms with van der Waals surface area (Å²) in [7, 11) is -4.32. The van der Waals surface area contributed by atoms with Crippen LogP contribution in [0.25, 0.3) is 0 Å². The van der Waals surface area contributed by atoms with Crippen LogP contribution in [-0.2, 0) is 19.6 Å². The Morgan fingerprint density at radius 1 is 0.971 bits per heavy atom. The summed E-state index contributed by atoms with van der Waals surface area (Å²) in [5.74, 6) is -2.67. The lowest BCUT2D eigenvalue weighted by Gasteiger charge is -2.24. The molecule has 0 aliphatic rings. The Morgan fingerprint density at radius 3 is 2.15 bits per heavy atom. The van der Waals surface area contributed by atoms with Crippen LogP contribution in [0.15, 0.2) is 71.6 Å². The summed E-state index contributed by atoms with van der Waals surface area (Å²) < 4.78 is 58.9. The third-order valence-corrected chi connectivity index (χ3v) is 6.67. The molecule has 0 heterocycles. The van der Waals surface area contributed by atoms with E-state index in [1.165, 1.54) is 30.3 Å². The van der Waals surface area contributed by atoms with Gasteiger partial charge in [-0.3, -0.25) is 9.10 Å². The number of esters is 1. The van der Waals surface area contributed by atoms with Crippen molar-refractivity contribution in [2.24, 2.45) is 0 Å². The standard InChI is InChI=1S/C23H19ClF2N2O5S/c1-2-33-23(30)20-13-17(7-12-21(20)24)27-22(29)14-28(18-8-3-15(25)4-9-18)34(31,32)19-10-5-16(26)6-11-19/h3-13H,2,14H2,1H3,(H,27,29). The molecule has 11 heteroatoms. The molecule has 0 saturated carbocycles. The second kappa shape index (κ2) is 10.6. The van der Waals surface area contributed by atoms with Gasteiger partial charge in [-0.1, -0.05) is 11.6 Å². The number of amides is 1. The summed E-state index contributed by atoms with van der Waals surface area (Å²) >= 11 is 6.02. The van der Waals surface area contributed by atoms with Gasteiger partial charge in [0.05, 0.1) is 27.8 Å². The fourth-order valence-electron chi connectivity index (χ4n) is 2.96. The monoisotopic (exact) mass is 508 g/mol. The molecule has 3 rings (SSSR count). The molecule has 0 aliphatic carbocycles. The van der Waals surface area contributed by atoms with Crippen molar-refractivity contribution < 1.29 is 31.5 Å². The summed E-state index contributed by atoms with van der Waals surface area (Å²) in [6.45, 7) is 1.06. The number of rotatable bonds is 8. The van der Waals surface area contributed by atoms with E-state index >= 15 is 0 Å². The van der Waals surface area contributed by atoms with Crippen molar-refractivity contribution in [3.8, 4) is 0 Å². The average Bonchev–Trinajstić information content (AvgIpc) is 2.80. The third-order valence-electron chi connectivity index (χ3n) is 4.55. The molecule has 0 bridgehead atoms. The summed E-state index contributed by atoms with van der Waals surface area (Å²) in [6.07, 6.45) is 0. The minimum atomic E-state index is -4.32. The molecule has 0 radical (unpaired) electrons. The largest absolute Gasteiger partial charge is 0.462 e. The van der Waals surface area contributed by atoms with Crippen LogP contribution in [0.3, 0.4) is 0 Å². The molecule has 3 aromatic carbocycles. The molecule has 0 atom stereocenters. The Hall–Kier alpha value is -3.50. The number of halogens is 3. The Morgan fingerprint density at radius 2 is 1.56 bits per heavy atom. The van der Waals surface area contributed by atoms with Crippen molar-refractivity contribution in [3.63, 3.8) is 0 Å².